The summed E-state index contributed by atoms with van der Waals surface area (Å²) >= 11 is 0. The van der Waals surface area contributed by atoms with Crippen LogP contribution >= 0.6 is 0 Å². The highest BCUT2D eigenvalue weighted by molar-refractivity contribution is 6.06. The number of hydrogen-bond acceptors (Lipinski definition) is 7. The van der Waals surface area contributed by atoms with Crippen LogP contribution in [0.15, 0.2) is 91.3 Å². The molecule has 3 N–H and O–H groups in total. The number of para-hydroxylation sites is 1. The molecular weight excluding hydrogens is 449 g/mol. The van der Waals surface area contributed by atoms with Gasteiger partial charge in [0.05, 0.1) is 11.3 Å². The Morgan fingerprint density at radius 3 is 2.40 bits per heavy atom. The zero-order chi connectivity index (χ0) is 24.8. The van der Waals surface area contributed by atoms with Gasteiger partial charge in [0.1, 0.15) is 35.3 Å². The summed E-state index contributed by atoms with van der Waals surface area (Å²) in [6.45, 7) is 3.31. The van der Waals surface area contributed by atoms with E-state index in [1.54, 1.807) is 30.3 Å². The van der Waals surface area contributed by atoms with Gasteiger partial charge in [0.15, 0.2) is 11.6 Å². The van der Waals surface area contributed by atoms with E-state index < -0.39 is 11.7 Å². The lowest BCUT2D eigenvalue weighted by Crippen LogP contribution is -2.14. The second-order valence-corrected chi connectivity index (χ2v) is 7.14. The highest BCUT2D eigenvalue weighted by Gasteiger charge is 2.18. The summed E-state index contributed by atoms with van der Waals surface area (Å²) in [5, 5.41) is 11.1. The van der Waals surface area contributed by atoms with Crippen molar-refractivity contribution in [1.29, 1.82) is 5.26 Å². The van der Waals surface area contributed by atoms with Crippen LogP contribution in [0.2, 0.25) is 0 Å². The fourth-order valence-electron chi connectivity index (χ4n) is 3.08. The molecule has 0 saturated carbocycles. The van der Waals surface area contributed by atoms with E-state index in [4.69, 9.17) is 20.5 Å². The molecule has 35 heavy (non-hydrogen) atoms. The molecule has 0 unspecified atom stereocenters. The lowest BCUT2D eigenvalue weighted by atomic mass is 10.1. The van der Waals surface area contributed by atoms with E-state index in [0.29, 0.717) is 22.6 Å². The van der Waals surface area contributed by atoms with Crippen LogP contribution in [0.5, 0.6) is 23.1 Å². The number of hydrogen-bond donors (Lipinski definition) is 2. The molecule has 8 nitrogen and oxygen atoms in total. The number of halogens is 1. The molecule has 0 aliphatic rings. The zero-order valence-electron chi connectivity index (χ0n) is 18.2. The Balaban J connectivity index is 1.61. The number of nitrogens with one attached hydrogen (secondary N) is 1. The van der Waals surface area contributed by atoms with Gasteiger partial charge in [-0.15, -0.1) is 0 Å². The van der Waals surface area contributed by atoms with Gasteiger partial charge in [0.2, 0.25) is 5.88 Å². The second kappa shape index (κ2) is 10.1. The molecule has 0 spiro atoms. The Kier molecular flexibility index (Phi) is 6.65. The first kappa shape index (κ1) is 22.9. The summed E-state index contributed by atoms with van der Waals surface area (Å²) in [6.07, 6.45) is 1.20. The number of aromatic nitrogens is 2. The van der Waals surface area contributed by atoms with E-state index in [-0.39, 0.29) is 28.7 Å². The number of nitrogen functional groups attached to an aromatic ring is 1. The Hall–Kier alpha value is -5.23. The van der Waals surface area contributed by atoms with Crippen LogP contribution in [0.25, 0.3) is 11.1 Å². The van der Waals surface area contributed by atoms with Crippen LogP contribution in [0.3, 0.4) is 0 Å². The van der Waals surface area contributed by atoms with Crippen molar-refractivity contribution >= 4 is 17.4 Å². The molecule has 9 heteroatoms. The molecule has 0 radical (unpaired) electrons. The quantitative estimate of drug-likeness (QED) is 0.273. The fourth-order valence-corrected chi connectivity index (χ4v) is 3.08. The minimum atomic E-state index is -0.860. The SMILES string of the molecule is C=C(C#N)C(=O)Nc1cccc(Oc2ncnc(N)c2-c2ccc(Oc3ccccc3)cc2)c1F. The van der Waals surface area contributed by atoms with E-state index in [1.165, 1.54) is 24.5 Å². The van der Waals surface area contributed by atoms with Gasteiger partial charge >= 0.3 is 0 Å². The number of nitrogens with zero attached hydrogens (tertiary/aromatic N) is 3. The first-order valence-corrected chi connectivity index (χ1v) is 10.3. The summed E-state index contributed by atoms with van der Waals surface area (Å²) < 4.78 is 26.6. The number of rotatable bonds is 7. The predicted octanol–water partition coefficient (Wildman–Crippen LogP) is 5.47. The molecule has 0 saturated heterocycles. The van der Waals surface area contributed by atoms with E-state index >= 15 is 4.39 Å². The van der Waals surface area contributed by atoms with Crippen LogP contribution in [0.4, 0.5) is 15.9 Å². The number of nitriles is 1. The third-order valence-electron chi connectivity index (χ3n) is 4.79. The summed E-state index contributed by atoms with van der Waals surface area (Å²) in [7, 11) is 0. The number of amides is 1. The van der Waals surface area contributed by atoms with Gasteiger partial charge in [0, 0.05) is 0 Å². The highest BCUT2D eigenvalue weighted by atomic mass is 19.1. The maximum atomic E-state index is 15.0. The molecule has 0 aliphatic heterocycles. The molecule has 0 bridgehead atoms. The van der Waals surface area contributed by atoms with E-state index in [1.807, 2.05) is 30.3 Å². The van der Waals surface area contributed by atoms with E-state index in [2.05, 4.69) is 21.9 Å². The topological polar surface area (TPSA) is 123 Å². The Morgan fingerprint density at radius 2 is 1.69 bits per heavy atom. The third-order valence-corrected chi connectivity index (χ3v) is 4.79. The van der Waals surface area contributed by atoms with Gasteiger partial charge in [-0.3, -0.25) is 4.79 Å². The van der Waals surface area contributed by atoms with Crippen molar-refractivity contribution in [1.82, 2.24) is 9.97 Å². The molecule has 0 atom stereocenters. The number of ether oxygens (including phenoxy) is 2. The Labute approximate surface area is 200 Å². The molecule has 0 aliphatic carbocycles. The second-order valence-electron chi connectivity index (χ2n) is 7.14. The molecule has 4 aromatic rings. The summed E-state index contributed by atoms with van der Waals surface area (Å²) in [6, 6.07) is 22.1. The van der Waals surface area contributed by atoms with Crippen molar-refractivity contribution in [3.8, 4) is 40.3 Å². The van der Waals surface area contributed by atoms with Crippen LogP contribution in [0, 0.1) is 17.1 Å². The van der Waals surface area contributed by atoms with Crippen LogP contribution in [0.1, 0.15) is 0 Å². The molecule has 1 aromatic heterocycles. The number of nitrogens with two attached hydrogens (primary N) is 1. The van der Waals surface area contributed by atoms with Crippen molar-refractivity contribution in [2.24, 2.45) is 0 Å². The Bertz CT molecular complexity index is 1430. The van der Waals surface area contributed by atoms with Gasteiger partial charge in [-0.25, -0.2) is 14.4 Å². The third kappa shape index (κ3) is 5.23. The van der Waals surface area contributed by atoms with Crippen LogP contribution in [-0.2, 0) is 4.79 Å². The Morgan fingerprint density at radius 1 is 0.971 bits per heavy atom. The molecule has 3 aromatic carbocycles. The van der Waals surface area contributed by atoms with Crippen LogP contribution in [-0.4, -0.2) is 15.9 Å². The maximum absolute atomic E-state index is 15.0. The molecule has 1 amide bonds. The fraction of sp³-hybridized carbons (Fsp3) is 0. The van der Waals surface area contributed by atoms with E-state index in [9.17, 15) is 4.79 Å². The van der Waals surface area contributed by atoms with Crippen molar-refractivity contribution < 1.29 is 18.7 Å². The molecule has 1 heterocycles. The summed E-state index contributed by atoms with van der Waals surface area (Å²) in [4.78, 5) is 20.0. The molecule has 172 valence electrons. The number of carbonyl (C=O) groups excluding carboxylic acids is 1. The number of carbonyl (C=O) groups is 1. The summed E-state index contributed by atoms with van der Waals surface area (Å²) in [5.74, 6) is -0.470. The average Bonchev–Trinajstić information content (AvgIpc) is 2.87. The zero-order valence-corrected chi connectivity index (χ0v) is 18.2. The largest absolute Gasteiger partial charge is 0.457 e. The average molecular weight is 467 g/mol. The van der Waals surface area contributed by atoms with Crippen molar-refractivity contribution in [2.75, 3.05) is 11.1 Å². The number of benzene rings is 3. The molecular formula is C26H18FN5O3. The standard InChI is InChI=1S/C26H18FN5O3/c1-16(14-28)25(33)32-20-8-5-9-21(23(20)27)35-26-22(24(29)30-15-31-26)17-10-12-19(13-11-17)34-18-6-3-2-4-7-18/h2-13,15H,1H2,(H,32,33)(H2,29,30,31). The smallest absolute Gasteiger partial charge is 0.265 e. The first-order chi connectivity index (χ1) is 17.0. The minimum absolute atomic E-state index is 0.0121. The van der Waals surface area contributed by atoms with Gasteiger partial charge < -0.3 is 20.5 Å². The maximum Gasteiger partial charge on any atom is 0.265 e. The van der Waals surface area contributed by atoms with Gasteiger partial charge in [-0.05, 0) is 42.0 Å². The molecule has 0 fully saturated rings. The van der Waals surface area contributed by atoms with Crippen molar-refractivity contribution in [2.45, 2.75) is 0 Å². The lowest BCUT2D eigenvalue weighted by Gasteiger charge is -2.14. The van der Waals surface area contributed by atoms with Gasteiger partial charge in [-0.1, -0.05) is 43.0 Å². The molecule has 4 rings (SSSR count). The highest BCUT2D eigenvalue weighted by Crippen LogP contribution is 2.37. The summed E-state index contributed by atoms with van der Waals surface area (Å²) in [5.41, 5.74) is 6.52. The van der Waals surface area contributed by atoms with Gasteiger partial charge in [0.25, 0.3) is 5.91 Å². The first-order valence-electron chi connectivity index (χ1n) is 10.3. The monoisotopic (exact) mass is 467 g/mol. The predicted molar refractivity (Wildman–Crippen MR) is 128 cm³/mol. The minimum Gasteiger partial charge on any atom is -0.457 e. The van der Waals surface area contributed by atoms with Crippen LogP contribution < -0.4 is 20.5 Å². The van der Waals surface area contributed by atoms with Crippen molar-refractivity contribution in [3.05, 3.63) is 97.1 Å². The van der Waals surface area contributed by atoms with E-state index in [0.717, 1.165) is 0 Å². The normalized spacial score (nSPS) is 10.2. The lowest BCUT2D eigenvalue weighted by molar-refractivity contribution is -0.112. The van der Waals surface area contributed by atoms with Gasteiger partial charge in [-0.2, -0.15) is 5.26 Å². The van der Waals surface area contributed by atoms with Crippen molar-refractivity contribution in [3.63, 3.8) is 0 Å². The number of anilines is 2.